The molecular formula is C19H18Cl2N4O3. The molecule has 0 aliphatic heterocycles. The molecule has 0 unspecified atom stereocenters. The summed E-state index contributed by atoms with van der Waals surface area (Å²) < 4.78 is 12.0. The fraction of sp³-hybridized carbons (Fsp3) is 0.158. The summed E-state index contributed by atoms with van der Waals surface area (Å²) in [5.74, 6) is 1.31. The lowest BCUT2D eigenvalue weighted by Gasteiger charge is -2.10. The van der Waals surface area contributed by atoms with Crippen LogP contribution < -0.4 is 20.1 Å². The maximum Gasteiger partial charge on any atom is 0.324 e. The minimum atomic E-state index is -0.489. The number of anilines is 2. The Morgan fingerprint density at radius 1 is 1.04 bits per heavy atom. The van der Waals surface area contributed by atoms with Gasteiger partial charge in [-0.2, -0.15) is 5.10 Å². The number of ether oxygens (including phenoxy) is 2. The average molecular weight is 421 g/mol. The van der Waals surface area contributed by atoms with Crippen molar-refractivity contribution in [1.82, 2.24) is 9.78 Å². The molecule has 0 saturated heterocycles. The van der Waals surface area contributed by atoms with Crippen molar-refractivity contribution in [3.63, 3.8) is 0 Å². The minimum absolute atomic E-state index is 0.242. The van der Waals surface area contributed by atoms with Gasteiger partial charge in [-0.05, 0) is 23.8 Å². The number of carbonyl (C=O) groups is 1. The van der Waals surface area contributed by atoms with Crippen LogP contribution in [0.4, 0.5) is 16.3 Å². The lowest BCUT2D eigenvalue weighted by atomic mass is 10.2. The van der Waals surface area contributed by atoms with Crippen LogP contribution in [0.25, 0.3) is 0 Å². The smallest absolute Gasteiger partial charge is 0.324 e. The SMILES string of the molecule is COc1ccc(NC(=O)Nc2nn(Cc3ccccc3Cl)cc2Cl)cc1OC. The van der Waals surface area contributed by atoms with E-state index in [1.54, 1.807) is 42.3 Å². The Morgan fingerprint density at radius 3 is 2.50 bits per heavy atom. The largest absolute Gasteiger partial charge is 0.493 e. The number of urea groups is 1. The van der Waals surface area contributed by atoms with Gasteiger partial charge >= 0.3 is 6.03 Å². The number of nitrogens with one attached hydrogen (secondary N) is 2. The molecule has 9 heteroatoms. The molecule has 146 valence electrons. The number of nitrogens with zero attached hydrogens (tertiary/aromatic N) is 2. The minimum Gasteiger partial charge on any atom is -0.493 e. The molecule has 0 fully saturated rings. The number of halogens is 2. The van der Waals surface area contributed by atoms with Crippen molar-refractivity contribution in [2.24, 2.45) is 0 Å². The molecule has 0 radical (unpaired) electrons. The van der Waals surface area contributed by atoms with E-state index in [-0.39, 0.29) is 5.82 Å². The summed E-state index contributed by atoms with van der Waals surface area (Å²) in [5.41, 5.74) is 1.42. The Hall–Kier alpha value is -2.90. The number of rotatable bonds is 6. The molecule has 28 heavy (non-hydrogen) atoms. The number of aromatic nitrogens is 2. The van der Waals surface area contributed by atoms with Gasteiger partial charge in [0.05, 0.1) is 20.8 Å². The molecule has 0 spiro atoms. The first kappa shape index (κ1) is 19.9. The highest BCUT2D eigenvalue weighted by molar-refractivity contribution is 6.33. The topological polar surface area (TPSA) is 77.4 Å². The molecule has 2 amide bonds. The molecule has 0 atom stereocenters. The molecule has 0 saturated carbocycles. The van der Waals surface area contributed by atoms with Gasteiger partial charge in [-0.15, -0.1) is 0 Å². The van der Waals surface area contributed by atoms with Gasteiger partial charge in [-0.1, -0.05) is 41.4 Å². The molecule has 7 nitrogen and oxygen atoms in total. The molecular weight excluding hydrogens is 403 g/mol. The highest BCUT2D eigenvalue weighted by atomic mass is 35.5. The molecule has 2 N–H and O–H groups in total. The van der Waals surface area contributed by atoms with Crippen molar-refractivity contribution in [1.29, 1.82) is 0 Å². The zero-order valence-electron chi connectivity index (χ0n) is 15.2. The lowest BCUT2D eigenvalue weighted by Crippen LogP contribution is -2.20. The standard InChI is InChI=1S/C19H18Cl2N4O3/c1-27-16-8-7-13(9-17(16)28-2)22-19(26)23-18-15(21)11-25(24-18)10-12-5-3-4-6-14(12)20/h3-9,11H,10H2,1-2H3,(H2,22,23,24,26). The van der Waals surface area contributed by atoms with Crippen LogP contribution in [0.3, 0.4) is 0 Å². The third kappa shape index (κ3) is 4.68. The van der Waals surface area contributed by atoms with Crippen molar-refractivity contribution in [3.05, 3.63) is 64.3 Å². The van der Waals surface area contributed by atoms with E-state index in [4.69, 9.17) is 32.7 Å². The second-order valence-corrected chi connectivity index (χ2v) is 6.58. The molecule has 0 bridgehead atoms. The van der Waals surface area contributed by atoms with Crippen molar-refractivity contribution >= 4 is 40.7 Å². The van der Waals surface area contributed by atoms with Gasteiger partial charge in [0.2, 0.25) is 0 Å². The molecule has 3 rings (SSSR count). The van der Waals surface area contributed by atoms with Crippen LogP contribution in [0.15, 0.2) is 48.7 Å². The van der Waals surface area contributed by atoms with E-state index in [9.17, 15) is 4.79 Å². The van der Waals surface area contributed by atoms with Crippen molar-refractivity contribution in [3.8, 4) is 11.5 Å². The third-order valence-electron chi connectivity index (χ3n) is 3.88. The molecule has 3 aromatic rings. The van der Waals surface area contributed by atoms with E-state index in [1.807, 2.05) is 18.2 Å². The Labute approximate surface area is 172 Å². The monoisotopic (exact) mass is 420 g/mol. The molecule has 2 aromatic carbocycles. The maximum absolute atomic E-state index is 12.3. The zero-order valence-corrected chi connectivity index (χ0v) is 16.7. The summed E-state index contributed by atoms with van der Waals surface area (Å²) in [5, 5.41) is 10.6. The van der Waals surface area contributed by atoms with Gasteiger partial charge < -0.3 is 14.8 Å². The highest BCUT2D eigenvalue weighted by Crippen LogP contribution is 2.30. The van der Waals surface area contributed by atoms with Crippen molar-refractivity contribution in [2.75, 3.05) is 24.9 Å². The summed E-state index contributed by atoms with van der Waals surface area (Å²) in [6, 6.07) is 12.0. The van der Waals surface area contributed by atoms with Gasteiger partial charge in [0.1, 0.15) is 5.02 Å². The van der Waals surface area contributed by atoms with Gasteiger partial charge in [-0.3, -0.25) is 10.00 Å². The Bertz CT molecular complexity index is 991. The van der Waals surface area contributed by atoms with Crippen LogP contribution in [0, 0.1) is 0 Å². The number of methoxy groups -OCH3 is 2. The van der Waals surface area contributed by atoms with E-state index >= 15 is 0 Å². The Balaban J connectivity index is 1.68. The summed E-state index contributed by atoms with van der Waals surface area (Å²) in [6.07, 6.45) is 1.62. The summed E-state index contributed by atoms with van der Waals surface area (Å²) in [7, 11) is 3.06. The summed E-state index contributed by atoms with van der Waals surface area (Å²) in [6.45, 7) is 0.429. The lowest BCUT2D eigenvalue weighted by molar-refractivity contribution is 0.262. The van der Waals surface area contributed by atoms with Gasteiger partial charge in [0.25, 0.3) is 0 Å². The van der Waals surface area contributed by atoms with Crippen LogP contribution in [-0.4, -0.2) is 30.0 Å². The number of hydrogen-bond acceptors (Lipinski definition) is 4. The second-order valence-electron chi connectivity index (χ2n) is 5.76. The van der Waals surface area contributed by atoms with Crippen molar-refractivity contribution in [2.45, 2.75) is 6.54 Å². The summed E-state index contributed by atoms with van der Waals surface area (Å²) >= 11 is 12.4. The predicted molar refractivity (Wildman–Crippen MR) is 110 cm³/mol. The first-order chi connectivity index (χ1) is 13.5. The number of benzene rings is 2. The fourth-order valence-electron chi connectivity index (χ4n) is 2.55. The third-order valence-corrected chi connectivity index (χ3v) is 4.53. The quantitative estimate of drug-likeness (QED) is 0.594. The Morgan fingerprint density at radius 2 is 1.79 bits per heavy atom. The molecule has 0 aliphatic carbocycles. The van der Waals surface area contributed by atoms with Crippen LogP contribution in [-0.2, 0) is 6.54 Å². The van der Waals surface area contributed by atoms with Crippen molar-refractivity contribution < 1.29 is 14.3 Å². The maximum atomic E-state index is 12.3. The van der Waals surface area contributed by atoms with E-state index in [0.29, 0.717) is 33.8 Å². The highest BCUT2D eigenvalue weighted by Gasteiger charge is 2.13. The average Bonchev–Trinajstić information content (AvgIpc) is 3.02. The molecule has 0 aliphatic rings. The number of amides is 2. The van der Waals surface area contributed by atoms with Gasteiger partial charge in [0.15, 0.2) is 17.3 Å². The molecule has 1 heterocycles. The van der Waals surface area contributed by atoms with E-state index in [0.717, 1.165) is 5.56 Å². The normalized spacial score (nSPS) is 10.4. The van der Waals surface area contributed by atoms with Crippen LogP contribution in [0.5, 0.6) is 11.5 Å². The van der Waals surface area contributed by atoms with Crippen LogP contribution in [0.2, 0.25) is 10.0 Å². The number of carbonyl (C=O) groups excluding carboxylic acids is 1. The summed E-state index contributed by atoms with van der Waals surface area (Å²) in [4.78, 5) is 12.3. The van der Waals surface area contributed by atoms with Crippen LogP contribution in [0.1, 0.15) is 5.56 Å². The zero-order chi connectivity index (χ0) is 20.1. The fourth-order valence-corrected chi connectivity index (χ4v) is 2.94. The molecule has 1 aromatic heterocycles. The first-order valence-electron chi connectivity index (χ1n) is 8.26. The predicted octanol–water partition coefficient (Wildman–Crippen LogP) is 4.90. The van der Waals surface area contributed by atoms with Gasteiger partial charge in [0, 0.05) is 23.0 Å². The van der Waals surface area contributed by atoms with Gasteiger partial charge in [-0.25, -0.2) is 4.79 Å². The van der Waals surface area contributed by atoms with E-state index in [2.05, 4.69) is 15.7 Å². The van der Waals surface area contributed by atoms with Crippen LogP contribution >= 0.6 is 23.2 Å². The van der Waals surface area contributed by atoms with E-state index < -0.39 is 6.03 Å². The second kappa shape index (κ2) is 8.86. The first-order valence-corrected chi connectivity index (χ1v) is 9.02. The van der Waals surface area contributed by atoms with E-state index in [1.165, 1.54) is 7.11 Å². The Kier molecular flexibility index (Phi) is 6.28. The number of hydrogen-bond donors (Lipinski definition) is 2.